The van der Waals surface area contributed by atoms with Crippen molar-refractivity contribution in [3.63, 3.8) is 0 Å². The molecule has 0 amide bonds. The molecule has 0 N–H and O–H groups in total. The zero-order chi connectivity index (χ0) is 37.2. The molecule has 0 fully saturated rings. The van der Waals surface area contributed by atoms with Gasteiger partial charge in [-0.2, -0.15) is 23.4 Å². The van der Waals surface area contributed by atoms with Gasteiger partial charge in [-0.1, -0.05) is 89.2 Å². The van der Waals surface area contributed by atoms with Crippen molar-refractivity contribution in [3.05, 3.63) is 101 Å². The second-order valence-electron chi connectivity index (χ2n) is 17.3. The van der Waals surface area contributed by atoms with Gasteiger partial charge in [0.2, 0.25) is 0 Å². The number of rotatable bonds is 5. The molecule has 1 aromatic carbocycles. The molecular weight excluding hydrogens is 635 g/mol. The highest BCUT2D eigenvalue weighted by Crippen LogP contribution is 2.42. The van der Waals surface area contributed by atoms with Crippen molar-refractivity contribution in [1.82, 2.24) is 29.5 Å². The van der Waals surface area contributed by atoms with Crippen LogP contribution in [0.3, 0.4) is 0 Å². The van der Waals surface area contributed by atoms with Gasteiger partial charge in [0.1, 0.15) is 11.6 Å². The number of pyridine rings is 2. The molecule has 0 unspecified atom stereocenters. The van der Waals surface area contributed by atoms with Crippen molar-refractivity contribution in [3.8, 4) is 11.6 Å². The Hall–Kier alpha value is -4.47. The fourth-order valence-electron chi connectivity index (χ4n) is 5.47. The van der Waals surface area contributed by atoms with Crippen LogP contribution in [0.15, 0.2) is 67.0 Å². The van der Waals surface area contributed by atoms with Gasteiger partial charge in [-0.3, -0.25) is 4.90 Å². The van der Waals surface area contributed by atoms with Gasteiger partial charge in [-0.15, -0.1) is 0 Å². The maximum absolute atomic E-state index is 13.7. The number of aryl methyl sites for hydroxylation is 1. The van der Waals surface area contributed by atoms with Gasteiger partial charge in [0.15, 0.2) is 17.3 Å². The van der Waals surface area contributed by atoms with Crippen LogP contribution in [0, 0.1) is 6.92 Å². The SMILES string of the molecule is Cc1ccn(-c2cc(C(C)(C)C)cc(N(c3cc(C(C)(C)C)cc(C(C)(C)C)c3)c3cc(C(C)(C)C)cc(-n4ccc(C(F)(F)F)n4)n3)n2)n1. The lowest BCUT2D eigenvalue weighted by Crippen LogP contribution is -2.22. The minimum atomic E-state index is -4.59. The summed E-state index contributed by atoms with van der Waals surface area (Å²) in [5, 5.41) is 8.58. The predicted molar refractivity (Wildman–Crippen MR) is 195 cm³/mol. The Labute approximate surface area is 294 Å². The van der Waals surface area contributed by atoms with Crippen LogP contribution in [0.4, 0.5) is 30.5 Å². The lowest BCUT2D eigenvalue weighted by molar-refractivity contribution is -0.141. The summed E-state index contributed by atoms with van der Waals surface area (Å²) < 4.78 is 44.1. The van der Waals surface area contributed by atoms with E-state index >= 15 is 0 Å². The van der Waals surface area contributed by atoms with E-state index in [1.807, 2.05) is 36.2 Å². The molecule has 0 aliphatic carbocycles. The summed E-state index contributed by atoms with van der Waals surface area (Å²) in [6, 6.07) is 17.4. The van der Waals surface area contributed by atoms with Gasteiger partial charge < -0.3 is 0 Å². The molecule has 10 heteroatoms. The van der Waals surface area contributed by atoms with Crippen molar-refractivity contribution in [2.75, 3.05) is 4.90 Å². The number of hydrogen-bond acceptors (Lipinski definition) is 5. The van der Waals surface area contributed by atoms with Crippen LogP contribution in [0.2, 0.25) is 0 Å². The molecule has 0 saturated heterocycles. The molecule has 0 saturated carbocycles. The standard InChI is InChI=1S/C40H50F3N7/c1-25-14-16-48(46-25)32-21-28(38(8,9)10)23-34(44-32)50(30-19-26(36(2,3)4)18-27(20-30)37(5,6)7)35-24-29(39(11,12)13)22-33(45-35)49-17-15-31(47-49)40(41,42)43/h14-24H,1-13H3. The first kappa shape index (κ1) is 36.8. The van der Waals surface area contributed by atoms with Gasteiger partial charge in [0.25, 0.3) is 0 Å². The van der Waals surface area contributed by atoms with Crippen LogP contribution >= 0.6 is 0 Å². The Bertz CT molecular complexity index is 1970. The summed E-state index contributed by atoms with van der Waals surface area (Å²) in [4.78, 5) is 12.3. The maximum Gasteiger partial charge on any atom is 0.435 e. The van der Waals surface area contributed by atoms with E-state index in [1.54, 1.807) is 10.7 Å². The van der Waals surface area contributed by atoms with Gasteiger partial charge in [-0.25, -0.2) is 19.3 Å². The predicted octanol–water partition coefficient (Wildman–Crippen LogP) is 10.8. The summed E-state index contributed by atoms with van der Waals surface area (Å²) >= 11 is 0. The largest absolute Gasteiger partial charge is 0.435 e. The molecule has 50 heavy (non-hydrogen) atoms. The van der Waals surface area contributed by atoms with E-state index in [1.165, 1.54) is 10.9 Å². The van der Waals surface area contributed by atoms with Crippen LogP contribution in [-0.2, 0) is 27.8 Å². The third-order valence-corrected chi connectivity index (χ3v) is 8.77. The highest BCUT2D eigenvalue weighted by atomic mass is 19.4. The van der Waals surface area contributed by atoms with Gasteiger partial charge >= 0.3 is 6.18 Å². The van der Waals surface area contributed by atoms with E-state index in [2.05, 4.69) is 118 Å². The number of halogens is 3. The van der Waals surface area contributed by atoms with E-state index in [0.717, 1.165) is 39.7 Å². The highest BCUT2D eigenvalue weighted by Gasteiger charge is 2.34. The number of alkyl halides is 3. The summed E-state index contributed by atoms with van der Waals surface area (Å²) in [7, 11) is 0. The molecule has 0 atom stereocenters. The lowest BCUT2D eigenvalue weighted by atomic mass is 9.80. The van der Waals surface area contributed by atoms with Crippen molar-refractivity contribution < 1.29 is 13.2 Å². The molecule has 5 aromatic rings. The molecule has 0 spiro atoms. The number of benzene rings is 1. The molecule has 0 aliphatic heterocycles. The van der Waals surface area contributed by atoms with Gasteiger partial charge in [0, 0.05) is 18.1 Å². The van der Waals surface area contributed by atoms with Crippen LogP contribution in [0.25, 0.3) is 11.6 Å². The summed E-state index contributed by atoms with van der Waals surface area (Å²) in [6.45, 7) is 27.7. The van der Waals surface area contributed by atoms with Crippen LogP contribution in [0.5, 0.6) is 0 Å². The van der Waals surface area contributed by atoms with Crippen molar-refractivity contribution in [2.24, 2.45) is 0 Å². The normalized spacial score (nSPS) is 13.2. The third-order valence-electron chi connectivity index (χ3n) is 8.77. The molecule has 5 rings (SSSR count). The second-order valence-corrected chi connectivity index (χ2v) is 17.3. The quantitative estimate of drug-likeness (QED) is 0.184. The number of nitrogens with zero attached hydrogens (tertiary/aromatic N) is 7. The first-order valence-electron chi connectivity index (χ1n) is 17.0. The van der Waals surface area contributed by atoms with E-state index in [4.69, 9.17) is 9.97 Å². The Morgan fingerprint density at radius 2 is 0.920 bits per heavy atom. The van der Waals surface area contributed by atoms with Gasteiger partial charge in [0.05, 0.1) is 5.69 Å². The van der Waals surface area contributed by atoms with E-state index in [0.29, 0.717) is 17.5 Å². The van der Waals surface area contributed by atoms with E-state index in [9.17, 15) is 13.2 Å². The monoisotopic (exact) mass is 685 g/mol. The fraction of sp³-hybridized carbons (Fsp3) is 0.450. The molecule has 0 bridgehead atoms. The van der Waals surface area contributed by atoms with Crippen molar-refractivity contribution in [1.29, 1.82) is 0 Å². The molecule has 7 nitrogen and oxygen atoms in total. The number of aromatic nitrogens is 6. The zero-order valence-corrected chi connectivity index (χ0v) is 31.6. The maximum atomic E-state index is 13.7. The second kappa shape index (κ2) is 12.4. The molecule has 4 aromatic heterocycles. The topological polar surface area (TPSA) is 64.7 Å². The fourth-order valence-corrected chi connectivity index (χ4v) is 5.47. The Morgan fingerprint density at radius 1 is 0.520 bits per heavy atom. The molecule has 4 heterocycles. The van der Waals surface area contributed by atoms with Crippen molar-refractivity contribution >= 4 is 17.3 Å². The van der Waals surface area contributed by atoms with Crippen molar-refractivity contribution in [2.45, 2.75) is 118 Å². The summed E-state index contributed by atoms with van der Waals surface area (Å²) in [5.74, 6) is 2.02. The summed E-state index contributed by atoms with van der Waals surface area (Å²) in [6.07, 6.45) is -1.39. The highest BCUT2D eigenvalue weighted by molar-refractivity contribution is 5.75. The molecule has 0 aliphatic rings. The van der Waals surface area contributed by atoms with Crippen LogP contribution in [0.1, 0.15) is 117 Å². The first-order valence-corrected chi connectivity index (χ1v) is 17.0. The lowest BCUT2D eigenvalue weighted by Gasteiger charge is -2.32. The first-order chi connectivity index (χ1) is 22.8. The Balaban J connectivity index is 1.91. The number of hydrogen-bond donors (Lipinski definition) is 0. The average molecular weight is 686 g/mol. The van der Waals surface area contributed by atoms with Crippen LogP contribution in [-0.4, -0.2) is 29.5 Å². The van der Waals surface area contributed by atoms with Gasteiger partial charge in [-0.05, 0) is 99.4 Å². The van der Waals surface area contributed by atoms with E-state index < -0.39 is 11.9 Å². The van der Waals surface area contributed by atoms with Crippen LogP contribution < -0.4 is 4.90 Å². The number of anilines is 3. The van der Waals surface area contributed by atoms with E-state index in [-0.39, 0.29) is 27.5 Å². The summed E-state index contributed by atoms with van der Waals surface area (Å²) in [5.41, 5.74) is 3.90. The third kappa shape index (κ3) is 7.95. The average Bonchev–Trinajstić information content (AvgIpc) is 3.65. The zero-order valence-electron chi connectivity index (χ0n) is 31.6. The smallest absolute Gasteiger partial charge is 0.279 e. The molecule has 266 valence electrons. The Morgan fingerprint density at radius 3 is 1.28 bits per heavy atom. The minimum Gasteiger partial charge on any atom is -0.279 e. The Kier molecular flexibility index (Phi) is 9.12. The molecular formula is C40H50F3N7. The molecule has 0 radical (unpaired) electrons. The minimum absolute atomic E-state index is 0.185.